The van der Waals surface area contributed by atoms with Crippen LogP contribution in [0, 0.1) is 25.2 Å². The Morgan fingerprint density at radius 2 is 1.81 bits per heavy atom. The summed E-state index contributed by atoms with van der Waals surface area (Å²) in [5, 5.41) is 13.8. The van der Waals surface area contributed by atoms with Crippen molar-refractivity contribution in [3.8, 4) is 11.8 Å². The molecular formula is C23H21ClN4O3. The standard InChI is InChI=1S/C23H21ClN4O3/c1-16-22(24)17(2)28(26-16)20-11-9-18(10-12-20)23(30)31-15-21(29)27(14-6-13-25)19-7-4-3-5-8-19/h3-5,7-12H,6,14-15H2,1-2H3. The van der Waals surface area contributed by atoms with E-state index in [0.29, 0.717) is 16.3 Å². The van der Waals surface area contributed by atoms with E-state index in [1.165, 1.54) is 4.90 Å². The minimum absolute atomic E-state index is 0.173. The number of ether oxygens (including phenoxy) is 1. The summed E-state index contributed by atoms with van der Waals surface area (Å²) < 4.78 is 6.91. The lowest BCUT2D eigenvalue weighted by Gasteiger charge is -2.21. The molecule has 0 bridgehead atoms. The average Bonchev–Trinajstić information content (AvgIpc) is 3.05. The van der Waals surface area contributed by atoms with Crippen LogP contribution in [0.4, 0.5) is 5.69 Å². The number of nitriles is 1. The zero-order chi connectivity index (χ0) is 22.4. The van der Waals surface area contributed by atoms with E-state index in [9.17, 15) is 9.59 Å². The van der Waals surface area contributed by atoms with E-state index in [-0.39, 0.29) is 13.0 Å². The van der Waals surface area contributed by atoms with Gasteiger partial charge in [0.05, 0.1) is 40.2 Å². The van der Waals surface area contributed by atoms with E-state index in [1.54, 1.807) is 53.2 Å². The normalized spacial score (nSPS) is 10.4. The number of amides is 1. The Kier molecular flexibility index (Phi) is 7.06. The number of rotatable bonds is 7. The quantitative estimate of drug-likeness (QED) is 0.517. The van der Waals surface area contributed by atoms with Crippen LogP contribution in [-0.2, 0) is 9.53 Å². The predicted octanol–water partition coefficient (Wildman–Crippen LogP) is 4.25. The number of anilines is 1. The summed E-state index contributed by atoms with van der Waals surface area (Å²) in [6.07, 6.45) is 0.173. The summed E-state index contributed by atoms with van der Waals surface area (Å²) in [4.78, 5) is 26.5. The summed E-state index contributed by atoms with van der Waals surface area (Å²) >= 11 is 6.19. The smallest absolute Gasteiger partial charge is 0.338 e. The molecule has 0 aliphatic rings. The molecule has 0 unspecified atom stereocenters. The molecule has 0 aliphatic carbocycles. The Balaban J connectivity index is 1.66. The molecule has 0 radical (unpaired) electrons. The zero-order valence-corrected chi connectivity index (χ0v) is 18.0. The Morgan fingerprint density at radius 1 is 1.13 bits per heavy atom. The van der Waals surface area contributed by atoms with Crippen LogP contribution in [0.15, 0.2) is 54.6 Å². The first kappa shape index (κ1) is 22.1. The molecule has 0 fully saturated rings. The summed E-state index contributed by atoms with van der Waals surface area (Å²) in [6.45, 7) is 3.48. The van der Waals surface area contributed by atoms with Gasteiger partial charge in [0.1, 0.15) is 0 Å². The van der Waals surface area contributed by atoms with E-state index in [4.69, 9.17) is 21.6 Å². The third-order valence-corrected chi connectivity index (χ3v) is 5.24. The van der Waals surface area contributed by atoms with Crippen LogP contribution in [0.2, 0.25) is 5.02 Å². The third kappa shape index (κ3) is 5.11. The third-order valence-electron chi connectivity index (χ3n) is 4.69. The first-order chi connectivity index (χ1) is 14.9. The van der Waals surface area contributed by atoms with Crippen LogP contribution in [0.3, 0.4) is 0 Å². The maximum atomic E-state index is 12.6. The monoisotopic (exact) mass is 436 g/mol. The van der Waals surface area contributed by atoms with Gasteiger partial charge in [-0.15, -0.1) is 0 Å². The summed E-state index contributed by atoms with van der Waals surface area (Å²) in [7, 11) is 0. The summed E-state index contributed by atoms with van der Waals surface area (Å²) in [6, 6.07) is 17.7. The van der Waals surface area contributed by atoms with Crippen molar-refractivity contribution in [3.05, 3.63) is 76.6 Å². The maximum absolute atomic E-state index is 12.6. The van der Waals surface area contributed by atoms with Crippen molar-refractivity contribution in [2.45, 2.75) is 20.3 Å². The second-order valence-electron chi connectivity index (χ2n) is 6.81. The van der Waals surface area contributed by atoms with Crippen molar-refractivity contribution in [2.75, 3.05) is 18.1 Å². The highest BCUT2D eigenvalue weighted by atomic mass is 35.5. The van der Waals surface area contributed by atoms with E-state index in [0.717, 1.165) is 17.1 Å². The van der Waals surface area contributed by atoms with Gasteiger partial charge in [0.15, 0.2) is 6.61 Å². The Hall–Kier alpha value is -3.63. The van der Waals surface area contributed by atoms with Crippen molar-refractivity contribution in [1.82, 2.24) is 9.78 Å². The van der Waals surface area contributed by atoms with Crippen molar-refractivity contribution < 1.29 is 14.3 Å². The molecule has 0 aliphatic heterocycles. The lowest BCUT2D eigenvalue weighted by Crippen LogP contribution is -2.35. The number of hydrogen-bond donors (Lipinski definition) is 0. The number of hydrogen-bond acceptors (Lipinski definition) is 5. The molecule has 3 aromatic rings. The van der Waals surface area contributed by atoms with E-state index in [2.05, 4.69) is 5.10 Å². The number of halogens is 1. The highest BCUT2D eigenvalue weighted by molar-refractivity contribution is 6.31. The van der Waals surface area contributed by atoms with Gasteiger partial charge in [-0.1, -0.05) is 29.8 Å². The van der Waals surface area contributed by atoms with E-state index >= 15 is 0 Å². The van der Waals surface area contributed by atoms with Crippen molar-refractivity contribution in [1.29, 1.82) is 5.26 Å². The number of carbonyl (C=O) groups excluding carboxylic acids is 2. The molecule has 2 aromatic carbocycles. The molecule has 1 heterocycles. The number of aryl methyl sites for hydroxylation is 1. The molecule has 7 nitrogen and oxygen atoms in total. The number of carbonyl (C=O) groups is 2. The van der Waals surface area contributed by atoms with Crippen LogP contribution in [-0.4, -0.2) is 34.8 Å². The van der Waals surface area contributed by atoms with Gasteiger partial charge in [-0.05, 0) is 50.2 Å². The van der Waals surface area contributed by atoms with E-state index in [1.807, 2.05) is 26.0 Å². The van der Waals surface area contributed by atoms with Gasteiger partial charge in [-0.25, -0.2) is 9.48 Å². The number of benzene rings is 2. The molecule has 0 atom stereocenters. The van der Waals surface area contributed by atoms with Crippen molar-refractivity contribution in [2.24, 2.45) is 0 Å². The Labute approximate surface area is 185 Å². The lowest BCUT2D eigenvalue weighted by molar-refractivity contribution is -0.121. The molecule has 0 N–H and O–H groups in total. The molecule has 0 saturated heterocycles. The Bertz CT molecular complexity index is 1120. The topological polar surface area (TPSA) is 88.2 Å². The lowest BCUT2D eigenvalue weighted by atomic mass is 10.2. The van der Waals surface area contributed by atoms with Gasteiger partial charge in [-0.3, -0.25) is 4.79 Å². The SMILES string of the molecule is Cc1nn(-c2ccc(C(=O)OCC(=O)N(CCC#N)c3ccccc3)cc2)c(C)c1Cl. The average molecular weight is 437 g/mol. The second kappa shape index (κ2) is 9.92. The highest BCUT2D eigenvalue weighted by Crippen LogP contribution is 2.22. The molecule has 1 amide bonds. The fraction of sp³-hybridized carbons (Fsp3) is 0.217. The van der Waals surface area contributed by atoms with Crippen molar-refractivity contribution >= 4 is 29.2 Å². The number of esters is 1. The second-order valence-corrected chi connectivity index (χ2v) is 7.19. The van der Waals surface area contributed by atoms with Gasteiger partial charge < -0.3 is 9.64 Å². The minimum atomic E-state index is -0.611. The van der Waals surface area contributed by atoms with Gasteiger partial charge in [-0.2, -0.15) is 10.4 Å². The van der Waals surface area contributed by atoms with Crippen LogP contribution >= 0.6 is 11.6 Å². The zero-order valence-electron chi connectivity index (χ0n) is 17.2. The number of aromatic nitrogens is 2. The van der Waals surface area contributed by atoms with Crippen LogP contribution < -0.4 is 4.90 Å². The first-order valence-corrected chi connectivity index (χ1v) is 10.0. The molecule has 0 saturated carbocycles. The first-order valence-electron chi connectivity index (χ1n) is 9.64. The van der Waals surface area contributed by atoms with Crippen LogP contribution in [0.25, 0.3) is 5.69 Å². The van der Waals surface area contributed by atoms with Gasteiger partial charge in [0, 0.05) is 12.2 Å². The molecule has 1 aromatic heterocycles. The van der Waals surface area contributed by atoms with Crippen molar-refractivity contribution in [3.63, 3.8) is 0 Å². The summed E-state index contributed by atoms with van der Waals surface area (Å²) in [5.74, 6) is -1.01. The molecule has 8 heteroatoms. The molecule has 3 rings (SSSR count). The maximum Gasteiger partial charge on any atom is 0.338 e. The van der Waals surface area contributed by atoms with Gasteiger partial charge in [0.2, 0.25) is 0 Å². The fourth-order valence-corrected chi connectivity index (χ4v) is 3.19. The largest absolute Gasteiger partial charge is 0.452 e. The fourth-order valence-electron chi connectivity index (χ4n) is 3.07. The molecule has 31 heavy (non-hydrogen) atoms. The molecule has 0 spiro atoms. The number of para-hydroxylation sites is 1. The van der Waals surface area contributed by atoms with E-state index < -0.39 is 18.5 Å². The van der Waals surface area contributed by atoms with Gasteiger partial charge in [0.25, 0.3) is 5.91 Å². The summed E-state index contributed by atoms with van der Waals surface area (Å²) in [5.41, 5.74) is 3.24. The Morgan fingerprint density at radius 3 is 2.39 bits per heavy atom. The van der Waals surface area contributed by atoms with Crippen LogP contribution in [0.5, 0.6) is 0 Å². The van der Waals surface area contributed by atoms with Gasteiger partial charge >= 0.3 is 5.97 Å². The predicted molar refractivity (Wildman–Crippen MR) is 117 cm³/mol. The molecule has 158 valence electrons. The molecular weight excluding hydrogens is 416 g/mol. The van der Waals surface area contributed by atoms with Crippen LogP contribution in [0.1, 0.15) is 28.2 Å². The number of nitrogens with zero attached hydrogens (tertiary/aromatic N) is 4. The highest BCUT2D eigenvalue weighted by Gasteiger charge is 2.18. The minimum Gasteiger partial charge on any atom is -0.452 e.